The van der Waals surface area contributed by atoms with E-state index < -0.39 is 0 Å². The summed E-state index contributed by atoms with van der Waals surface area (Å²) >= 11 is 0. The maximum absolute atomic E-state index is 4.04. The van der Waals surface area contributed by atoms with Gasteiger partial charge in [0, 0.05) is 18.4 Å². The Bertz CT molecular complexity index is 287. The van der Waals surface area contributed by atoms with E-state index in [1.54, 1.807) is 0 Å². The SMILES string of the molecule is CCNC(CCc1ccncc1)C(C)(C)C. The standard InChI is InChI=1S/C14H24N2/c1-5-16-13(14(2,3)4)7-6-12-8-10-15-11-9-12/h8-11,13,16H,5-7H2,1-4H3. The van der Waals surface area contributed by atoms with E-state index in [1.165, 1.54) is 12.0 Å². The lowest BCUT2D eigenvalue weighted by Gasteiger charge is -2.31. The number of nitrogens with zero attached hydrogens (tertiary/aromatic N) is 1. The van der Waals surface area contributed by atoms with Crippen LogP contribution in [0.15, 0.2) is 24.5 Å². The lowest BCUT2D eigenvalue weighted by atomic mass is 9.83. The van der Waals surface area contributed by atoms with Crippen molar-refractivity contribution in [3.63, 3.8) is 0 Å². The van der Waals surface area contributed by atoms with E-state index in [4.69, 9.17) is 0 Å². The molecule has 1 unspecified atom stereocenters. The van der Waals surface area contributed by atoms with Crippen LogP contribution in [0.25, 0.3) is 0 Å². The summed E-state index contributed by atoms with van der Waals surface area (Å²) in [6.07, 6.45) is 6.04. The second-order valence-electron chi connectivity index (χ2n) is 5.37. The molecule has 0 radical (unpaired) electrons. The zero-order chi connectivity index (χ0) is 12.0. The van der Waals surface area contributed by atoms with Crippen molar-refractivity contribution in [2.24, 2.45) is 5.41 Å². The highest BCUT2D eigenvalue weighted by Crippen LogP contribution is 2.23. The van der Waals surface area contributed by atoms with Gasteiger partial charge in [0.15, 0.2) is 0 Å². The topological polar surface area (TPSA) is 24.9 Å². The van der Waals surface area contributed by atoms with Gasteiger partial charge >= 0.3 is 0 Å². The van der Waals surface area contributed by atoms with Crippen molar-refractivity contribution in [2.75, 3.05) is 6.54 Å². The summed E-state index contributed by atoms with van der Waals surface area (Å²) in [6, 6.07) is 4.78. The van der Waals surface area contributed by atoms with Gasteiger partial charge in [0.2, 0.25) is 0 Å². The average molecular weight is 220 g/mol. The molecule has 1 rings (SSSR count). The highest BCUT2D eigenvalue weighted by Gasteiger charge is 2.22. The molecule has 1 heterocycles. The first-order chi connectivity index (χ1) is 7.54. The molecule has 0 saturated heterocycles. The summed E-state index contributed by atoms with van der Waals surface area (Å²) in [5.74, 6) is 0. The molecule has 2 nitrogen and oxygen atoms in total. The molecule has 0 saturated carbocycles. The van der Waals surface area contributed by atoms with Crippen LogP contribution in [0.3, 0.4) is 0 Å². The van der Waals surface area contributed by atoms with Crippen LogP contribution in [0.5, 0.6) is 0 Å². The Balaban J connectivity index is 2.51. The van der Waals surface area contributed by atoms with Crippen LogP contribution in [0.4, 0.5) is 0 Å². The summed E-state index contributed by atoms with van der Waals surface area (Å²) < 4.78 is 0. The minimum atomic E-state index is 0.322. The molecule has 0 aliphatic rings. The number of hydrogen-bond acceptors (Lipinski definition) is 2. The van der Waals surface area contributed by atoms with Crippen LogP contribution < -0.4 is 5.32 Å². The van der Waals surface area contributed by atoms with Gasteiger partial charge in [-0.1, -0.05) is 27.7 Å². The Morgan fingerprint density at radius 2 is 1.88 bits per heavy atom. The van der Waals surface area contributed by atoms with Crippen molar-refractivity contribution in [1.82, 2.24) is 10.3 Å². The molecular weight excluding hydrogens is 196 g/mol. The van der Waals surface area contributed by atoms with Crippen LogP contribution in [0.1, 0.15) is 39.7 Å². The molecule has 2 heteroatoms. The maximum atomic E-state index is 4.04. The van der Waals surface area contributed by atoms with Crippen LogP contribution >= 0.6 is 0 Å². The Labute approximate surface area is 99.5 Å². The van der Waals surface area contributed by atoms with Gasteiger partial charge in [-0.15, -0.1) is 0 Å². The number of hydrogen-bond donors (Lipinski definition) is 1. The van der Waals surface area contributed by atoms with Crippen LogP contribution in [0, 0.1) is 5.41 Å². The largest absolute Gasteiger partial charge is 0.314 e. The zero-order valence-electron chi connectivity index (χ0n) is 11.0. The third-order valence-corrected chi connectivity index (χ3v) is 2.97. The van der Waals surface area contributed by atoms with E-state index in [1.807, 2.05) is 12.4 Å². The quantitative estimate of drug-likeness (QED) is 0.825. The minimum Gasteiger partial charge on any atom is -0.314 e. The van der Waals surface area contributed by atoms with Crippen molar-refractivity contribution in [3.05, 3.63) is 30.1 Å². The van der Waals surface area contributed by atoms with Crippen molar-refractivity contribution in [1.29, 1.82) is 0 Å². The van der Waals surface area contributed by atoms with E-state index >= 15 is 0 Å². The van der Waals surface area contributed by atoms with Crippen LogP contribution in [-0.4, -0.2) is 17.6 Å². The van der Waals surface area contributed by atoms with Crippen LogP contribution in [0.2, 0.25) is 0 Å². The van der Waals surface area contributed by atoms with E-state index in [0.717, 1.165) is 13.0 Å². The molecule has 1 N–H and O–H groups in total. The summed E-state index contributed by atoms with van der Waals surface area (Å²) in [5.41, 5.74) is 1.70. The lowest BCUT2D eigenvalue weighted by molar-refractivity contribution is 0.258. The fraction of sp³-hybridized carbons (Fsp3) is 0.643. The predicted molar refractivity (Wildman–Crippen MR) is 69.5 cm³/mol. The van der Waals surface area contributed by atoms with Gasteiger partial charge in [0.25, 0.3) is 0 Å². The van der Waals surface area contributed by atoms with Gasteiger partial charge < -0.3 is 5.32 Å². The molecule has 0 amide bonds. The lowest BCUT2D eigenvalue weighted by Crippen LogP contribution is -2.40. The van der Waals surface area contributed by atoms with Crippen molar-refractivity contribution < 1.29 is 0 Å². The molecule has 0 bridgehead atoms. The molecule has 0 aliphatic heterocycles. The summed E-state index contributed by atoms with van der Waals surface area (Å²) in [6.45, 7) is 10.1. The fourth-order valence-corrected chi connectivity index (χ4v) is 1.95. The highest BCUT2D eigenvalue weighted by atomic mass is 14.9. The Hall–Kier alpha value is -0.890. The number of nitrogens with one attached hydrogen (secondary N) is 1. The van der Waals surface area contributed by atoms with E-state index in [2.05, 4.69) is 50.1 Å². The number of aryl methyl sites for hydroxylation is 1. The van der Waals surface area contributed by atoms with Gasteiger partial charge in [-0.05, 0) is 42.5 Å². The van der Waals surface area contributed by atoms with Gasteiger partial charge in [-0.25, -0.2) is 0 Å². The minimum absolute atomic E-state index is 0.322. The highest BCUT2D eigenvalue weighted by molar-refractivity contribution is 5.10. The van der Waals surface area contributed by atoms with Crippen molar-refractivity contribution >= 4 is 0 Å². The number of aromatic nitrogens is 1. The maximum Gasteiger partial charge on any atom is 0.0270 e. The molecule has 1 aromatic rings. The van der Waals surface area contributed by atoms with Gasteiger partial charge in [0.05, 0.1) is 0 Å². The first kappa shape index (κ1) is 13.2. The monoisotopic (exact) mass is 220 g/mol. The normalized spacial score (nSPS) is 13.8. The van der Waals surface area contributed by atoms with Gasteiger partial charge in [-0.3, -0.25) is 4.98 Å². The predicted octanol–water partition coefficient (Wildman–Crippen LogP) is 3.04. The van der Waals surface area contributed by atoms with Gasteiger partial charge in [0.1, 0.15) is 0 Å². The molecule has 1 atom stereocenters. The third-order valence-electron chi connectivity index (χ3n) is 2.97. The Morgan fingerprint density at radius 3 is 2.38 bits per heavy atom. The third kappa shape index (κ3) is 4.31. The zero-order valence-corrected chi connectivity index (χ0v) is 11.0. The molecule has 16 heavy (non-hydrogen) atoms. The van der Waals surface area contributed by atoms with E-state index in [-0.39, 0.29) is 0 Å². The Kier molecular flexibility index (Phi) is 4.94. The average Bonchev–Trinajstić information content (AvgIpc) is 2.24. The molecule has 0 aliphatic carbocycles. The number of pyridine rings is 1. The first-order valence-electron chi connectivity index (χ1n) is 6.16. The van der Waals surface area contributed by atoms with Gasteiger partial charge in [-0.2, -0.15) is 0 Å². The number of rotatable bonds is 5. The van der Waals surface area contributed by atoms with Crippen molar-refractivity contribution in [3.8, 4) is 0 Å². The Morgan fingerprint density at radius 1 is 1.25 bits per heavy atom. The van der Waals surface area contributed by atoms with Crippen LogP contribution in [-0.2, 0) is 6.42 Å². The van der Waals surface area contributed by atoms with E-state index in [9.17, 15) is 0 Å². The second kappa shape index (κ2) is 6.00. The summed E-state index contributed by atoms with van der Waals surface area (Å²) in [7, 11) is 0. The molecule has 0 aromatic carbocycles. The molecule has 1 aromatic heterocycles. The smallest absolute Gasteiger partial charge is 0.0270 e. The molecule has 0 spiro atoms. The summed E-state index contributed by atoms with van der Waals surface area (Å²) in [4.78, 5) is 4.04. The molecule has 0 fully saturated rings. The van der Waals surface area contributed by atoms with Crippen molar-refractivity contribution in [2.45, 2.75) is 46.6 Å². The molecular formula is C14H24N2. The van der Waals surface area contributed by atoms with E-state index in [0.29, 0.717) is 11.5 Å². The molecule has 90 valence electrons. The fourth-order valence-electron chi connectivity index (χ4n) is 1.95. The summed E-state index contributed by atoms with van der Waals surface area (Å²) in [5, 5.41) is 3.58. The second-order valence-corrected chi connectivity index (χ2v) is 5.37. The first-order valence-corrected chi connectivity index (χ1v) is 6.16.